The summed E-state index contributed by atoms with van der Waals surface area (Å²) in [4.78, 5) is 1.99. The minimum atomic E-state index is -0.200. The molecule has 0 aliphatic carbocycles. The van der Waals surface area contributed by atoms with Crippen molar-refractivity contribution in [2.24, 2.45) is 0 Å². The summed E-state index contributed by atoms with van der Waals surface area (Å²) < 4.78 is 15.9. The first kappa shape index (κ1) is 15.4. The van der Waals surface area contributed by atoms with Crippen LogP contribution in [0.3, 0.4) is 0 Å². The lowest BCUT2D eigenvalue weighted by atomic mass is 10.1. The van der Waals surface area contributed by atoms with Gasteiger partial charge in [0.2, 0.25) is 0 Å². The molecule has 0 saturated heterocycles. The Labute approximate surface area is 125 Å². The van der Waals surface area contributed by atoms with Gasteiger partial charge in [0, 0.05) is 19.2 Å². The van der Waals surface area contributed by atoms with Crippen LogP contribution < -0.4 is 10.6 Å². The van der Waals surface area contributed by atoms with Gasteiger partial charge in [-0.2, -0.15) is 5.10 Å². The third kappa shape index (κ3) is 2.86. The lowest BCUT2D eigenvalue weighted by molar-refractivity contribution is 0.559. The molecule has 2 aromatic rings. The van der Waals surface area contributed by atoms with Crippen molar-refractivity contribution in [2.45, 2.75) is 39.8 Å². The van der Waals surface area contributed by atoms with Crippen molar-refractivity contribution < 1.29 is 4.39 Å². The lowest BCUT2D eigenvalue weighted by Gasteiger charge is -2.28. The summed E-state index contributed by atoms with van der Waals surface area (Å²) >= 11 is 0. The third-order valence-corrected chi connectivity index (χ3v) is 3.85. The highest BCUT2D eigenvalue weighted by Gasteiger charge is 2.22. The van der Waals surface area contributed by atoms with Gasteiger partial charge in [-0.25, -0.2) is 9.07 Å². The fourth-order valence-electron chi connectivity index (χ4n) is 2.53. The van der Waals surface area contributed by atoms with Crippen LogP contribution >= 0.6 is 0 Å². The predicted octanol–water partition coefficient (Wildman–Crippen LogP) is 3.52. The Bertz CT molecular complexity index is 621. The molecule has 4 nitrogen and oxygen atoms in total. The Morgan fingerprint density at radius 1 is 1.38 bits per heavy atom. The van der Waals surface area contributed by atoms with Crippen LogP contribution in [-0.4, -0.2) is 16.8 Å². The van der Waals surface area contributed by atoms with Crippen molar-refractivity contribution in [2.75, 3.05) is 17.7 Å². The monoisotopic (exact) mass is 290 g/mol. The van der Waals surface area contributed by atoms with Gasteiger partial charge < -0.3 is 10.6 Å². The van der Waals surface area contributed by atoms with Crippen LogP contribution in [0.5, 0.6) is 0 Å². The van der Waals surface area contributed by atoms with Gasteiger partial charge in [-0.05, 0) is 26.3 Å². The molecule has 5 heteroatoms. The molecule has 0 aliphatic heterocycles. The van der Waals surface area contributed by atoms with Crippen molar-refractivity contribution in [3.05, 3.63) is 41.3 Å². The predicted molar refractivity (Wildman–Crippen MR) is 84.9 cm³/mol. The average Bonchev–Trinajstić information content (AvgIpc) is 2.73. The molecule has 0 bridgehead atoms. The first-order chi connectivity index (χ1) is 9.97. The van der Waals surface area contributed by atoms with Crippen LogP contribution in [0.1, 0.15) is 37.6 Å². The molecule has 1 aromatic carbocycles. The number of nitrogens with two attached hydrogens (primary N) is 1. The molecule has 0 spiro atoms. The first-order valence-corrected chi connectivity index (χ1v) is 7.27. The summed E-state index contributed by atoms with van der Waals surface area (Å²) in [5.74, 6) is 0.652. The van der Waals surface area contributed by atoms with Crippen LogP contribution in [0.2, 0.25) is 0 Å². The maximum atomic E-state index is 14.0. The summed E-state index contributed by atoms with van der Waals surface area (Å²) in [5, 5.41) is 4.48. The van der Waals surface area contributed by atoms with E-state index >= 15 is 0 Å². The standard InChI is InChI=1S/C16H23FN4/c1-5-10-21-16(15(18)11(2)19-21)20(4)12(3)13-8-6-7-9-14(13)17/h6-9,12H,5,10,18H2,1-4H3. The number of aryl methyl sites for hydroxylation is 2. The Morgan fingerprint density at radius 3 is 2.67 bits per heavy atom. The summed E-state index contributed by atoms with van der Waals surface area (Å²) in [6.07, 6.45) is 0.968. The molecule has 1 atom stereocenters. The van der Waals surface area contributed by atoms with Gasteiger partial charge in [-0.3, -0.25) is 0 Å². The summed E-state index contributed by atoms with van der Waals surface area (Å²) in [5.41, 5.74) is 8.30. The fraction of sp³-hybridized carbons (Fsp3) is 0.438. The largest absolute Gasteiger partial charge is 0.394 e. The van der Waals surface area contributed by atoms with Gasteiger partial charge in [0.15, 0.2) is 5.82 Å². The number of rotatable bonds is 5. The van der Waals surface area contributed by atoms with E-state index in [0.717, 1.165) is 24.5 Å². The second kappa shape index (κ2) is 6.16. The van der Waals surface area contributed by atoms with E-state index in [0.29, 0.717) is 11.3 Å². The minimum absolute atomic E-state index is 0.125. The zero-order chi connectivity index (χ0) is 15.6. The highest BCUT2D eigenvalue weighted by atomic mass is 19.1. The molecule has 2 rings (SSSR count). The van der Waals surface area contributed by atoms with E-state index in [1.54, 1.807) is 12.1 Å². The number of benzene rings is 1. The van der Waals surface area contributed by atoms with Gasteiger partial charge in [0.1, 0.15) is 5.82 Å². The lowest BCUT2D eigenvalue weighted by Crippen LogP contribution is -2.26. The Balaban J connectivity index is 2.40. The second-order valence-electron chi connectivity index (χ2n) is 5.35. The van der Waals surface area contributed by atoms with Crippen molar-refractivity contribution in [1.82, 2.24) is 9.78 Å². The van der Waals surface area contributed by atoms with Crippen LogP contribution in [0.25, 0.3) is 0 Å². The zero-order valence-electron chi connectivity index (χ0n) is 13.1. The van der Waals surface area contributed by atoms with Gasteiger partial charge >= 0.3 is 0 Å². The topological polar surface area (TPSA) is 47.1 Å². The molecule has 0 amide bonds. The van der Waals surface area contributed by atoms with E-state index in [-0.39, 0.29) is 11.9 Å². The Kier molecular flexibility index (Phi) is 4.50. The van der Waals surface area contributed by atoms with E-state index < -0.39 is 0 Å². The number of aromatic nitrogens is 2. The highest BCUT2D eigenvalue weighted by Crippen LogP contribution is 2.32. The maximum Gasteiger partial charge on any atom is 0.150 e. The molecule has 114 valence electrons. The summed E-state index contributed by atoms with van der Waals surface area (Å²) in [6.45, 7) is 6.75. The number of hydrogen-bond acceptors (Lipinski definition) is 3. The van der Waals surface area contributed by atoms with Gasteiger partial charge in [0.25, 0.3) is 0 Å². The smallest absolute Gasteiger partial charge is 0.150 e. The number of hydrogen-bond donors (Lipinski definition) is 1. The summed E-state index contributed by atoms with van der Waals surface area (Å²) in [6, 6.07) is 6.71. The van der Waals surface area contributed by atoms with E-state index in [2.05, 4.69) is 12.0 Å². The molecule has 21 heavy (non-hydrogen) atoms. The molecule has 1 heterocycles. The molecule has 2 N–H and O–H groups in total. The van der Waals surface area contributed by atoms with Crippen LogP contribution in [0, 0.1) is 12.7 Å². The van der Waals surface area contributed by atoms with Crippen molar-refractivity contribution in [3.63, 3.8) is 0 Å². The van der Waals surface area contributed by atoms with Crippen molar-refractivity contribution in [3.8, 4) is 0 Å². The average molecular weight is 290 g/mol. The summed E-state index contributed by atoms with van der Waals surface area (Å²) in [7, 11) is 1.93. The van der Waals surface area contributed by atoms with Gasteiger partial charge in [-0.15, -0.1) is 0 Å². The molecular weight excluding hydrogens is 267 g/mol. The Hall–Kier alpha value is -2.04. The highest BCUT2D eigenvalue weighted by molar-refractivity contribution is 5.66. The number of halogens is 1. The SMILES string of the molecule is CCCn1nc(C)c(N)c1N(C)C(C)c1ccccc1F. The maximum absolute atomic E-state index is 14.0. The van der Waals surface area contributed by atoms with E-state index in [4.69, 9.17) is 5.73 Å². The van der Waals surface area contributed by atoms with Gasteiger partial charge in [-0.1, -0.05) is 25.1 Å². The third-order valence-electron chi connectivity index (χ3n) is 3.85. The second-order valence-corrected chi connectivity index (χ2v) is 5.35. The quantitative estimate of drug-likeness (QED) is 0.916. The molecule has 1 aromatic heterocycles. The zero-order valence-corrected chi connectivity index (χ0v) is 13.1. The molecule has 0 radical (unpaired) electrons. The molecule has 1 unspecified atom stereocenters. The van der Waals surface area contributed by atoms with E-state index in [1.807, 2.05) is 36.5 Å². The number of nitrogen functional groups attached to an aromatic ring is 1. The van der Waals surface area contributed by atoms with Crippen LogP contribution in [-0.2, 0) is 6.54 Å². The van der Waals surface area contributed by atoms with E-state index in [9.17, 15) is 4.39 Å². The Morgan fingerprint density at radius 2 is 2.05 bits per heavy atom. The van der Waals surface area contributed by atoms with Crippen molar-refractivity contribution in [1.29, 1.82) is 0 Å². The normalized spacial score (nSPS) is 12.4. The van der Waals surface area contributed by atoms with Crippen molar-refractivity contribution >= 4 is 11.5 Å². The van der Waals surface area contributed by atoms with Gasteiger partial charge in [0.05, 0.1) is 17.4 Å². The number of anilines is 2. The minimum Gasteiger partial charge on any atom is -0.394 e. The van der Waals surface area contributed by atoms with E-state index in [1.165, 1.54) is 6.07 Å². The van der Waals surface area contributed by atoms with Crippen LogP contribution in [0.15, 0.2) is 24.3 Å². The molecule has 0 aliphatic rings. The fourth-order valence-corrected chi connectivity index (χ4v) is 2.53. The molecule has 0 fully saturated rings. The molecule has 0 saturated carbocycles. The number of nitrogens with zero attached hydrogens (tertiary/aromatic N) is 3. The first-order valence-electron chi connectivity index (χ1n) is 7.27. The van der Waals surface area contributed by atoms with Crippen LogP contribution in [0.4, 0.5) is 15.9 Å². The molecular formula is C16H23FN4.